The van der Waals surface area contributed by atoms with E-state index < -0.39 is 29.9 Å². The van der Waals surface area contributed by atoms with Gasteiger partial charge in [-0.3, -0.25) is 0 Å². The fraction of sp³-hybridized carbons (Fsp3) is 0.250. The van der Waals surface area contributed by atoms with Gasteiger partial charge in [-0.05, 0) is 35.4 Å². The molecule has 0 saturated heterocycles. The summed E-state index contributed by atoms with van der Waals surface area (Å²) in [5.74, 6) is -2.55. The minimum Gasteiger partial charge on any atom is -0.391 e. The number of aliphatic hydroxyl groups is 1. The zero-order valence-corrected chi connectivity index (χ0v) is 13.8. The number of alkyl halides is 1. The summed E-state index contributed by atoms with van der Waals surface area (Å²) in [5.41, 5.74) is 0.715. The number of aliphatic hydroxyl groups excluding tert-OH is 1. The maximum Gasteiger partial charge on any atom is 0.132 e. The molecule has 0 aliphatic rings. The summed E-state index contributed by atoms with van der Waals surface area (Å²) in [6.07, 6.45) is 0. The van der Waals surface area contributed by atoms with E-state index >= 15 is 0 Å². The molecule has 2 aromatic carbocycles. The number of halogens is 5. The highest BCUT2D eigenvalue weighted by atomic mass is 79.9. The van der Waals surface area contributed by atoms with Crippen LogP contribution in [-0.2, 0) is 23.3 Å². The molecule has 23 heavy (non-hydrogen) atoms. The molecule has 0 aliphatic carbocycles. The second-order valence-corrected chi connectivity index (χ2v) is 5.10. The van der Waals surface area contributed by atoms with Crippen LogP contribution in [0, 0.1) is 23.3 Å². The lowest BCUT2D eigenvalue weighted by Gasteiger charge is -2.04. The molecule has 126 valence electrons. The predicted octanol–water partition coefficient (Wildman–Crippen LogP) is 4.46. The molecule has 2 nitrogen and oxygen atoms in total. The molecule has 1 N–H and O–H groups in total. The first-order valence-corrected chi connectivity index (χ1v) is 7.61. The van der Waals surface area contributed by atoms with Gasteiger partial charge in [-0.2, -0.15) is 0 Å². The molecule has 0 aliphatic heterocycles. The normalized spacial score (nSPS) is 10.2. The number of hydrogen-bond acceptors (Lipinski definition) is 2. The molecular formula is C16H15BrF4O2. The van der Waals surface area contributed by atoms with Crippen LogP contribution in [0.2, 0.25) is 0 Å². The van der Waals surface area contributed by atoms with Gasteiger partial charge in [-0.1, -0.05) is 15.9 Å². The minimum absolute atomic E-state index is 0.152. The monoisotopic (exact) mass is 394 g/mol. The Bertz CT molecular complexity index is 607. The zero-order chi connectivity index (χ0) is 17.4. The molecule has 2 rings (SSSR count). The molecule has 0 aromatic heterocycles. The van der Waals surface area contributed by atoms with Crippen LogP contribution in [0.15, 0.2) is 30.3 Å². The average Bonchev–Trinajstić information content (AvgIpc) is 2.47. The van der Waals surface area contributed by atoms with E-state index in [0.717, 1.165) is 18.2 Å². The number of rotatable bonds is 4. The van der Waals surface area contributed by atoms with Crippen molar-refractivity contribution in [2.45, 2.75) is 18.5 Å². The largest absolute Gasteiger partial charge is 0.391 e. The van der Waals surface area contributed by atoms with Gasteiger partial charge in [0, 0.05) is 24.1 Å². The lowest BCUT2D eigenvalue weighted by atomic mass is 10.1. The zero-order valence-electron chi connectivity index (χ0n) is 12.3. The molecule has 0 saturated carbocycles. The Morgan fingerprint density at radius 3 is 1.83 bits per heavy atom. The smallest absolute Gasteiger partial charge is 0.132 e. The standard InChI is InChI=1S/C9H10F2O2.C7H5BrF2/c1-13-5-6-2-8(10)7(4-12)9(11)3-6;8-4-5-1-6(9)3-7(10)2-5/h2-3,12H,4-5H2,1H3;1-3H,4H2. The van der Waals surface area contributed by atoms with Crippen LogP contribution < -0.4 is 0 Å². The van der Waals surface area contributed by atoms with Crippen molar-refractivity contribution in [3.8, 4) is 0 Å². The highest BCUT2D eigenvalue weighted by Gasteiger charge is 2.09. The van der Waals surface area contributed by atoms with Crippen LogP contribution in [0.3, 0.4) is 0 Å². The van der Waals surface area contributed by atoms with E-state index in [9.17, 15) is 17.6 Å². The summed E-state index contributed by atoms with van der Waals surface area (Å²) in [5, 5.41) is 9.08. The number of hydrogen-bond donors (Lipinski definition) is 1. The van der Waals surface area contributed by atoms with Crippen LogP contribution in [0.25, 0.3) is 0 Å². The molecular weight excluding hydrogens is 380 g/mol. The van der Waals surface area contributed by atoms with Gasteiger partial charge in [0.2, 0.25) is 0 Å². The highest BCUT2D eigenvalue weighted by molar-refractivity contribution is 9.08. The predicted molar refractivity (Wildman–Crippen MR) is 82.0 cm³/mol. The van der Waals surface area contributed by atoms with Crippen molar-refractivity contribution in [3.63, 3.8) is 0 Å². The van der Waals surface area contributed by atoms with Gasteiger partial charge in [0.25, 0.3) is 0 Å². The van der Waals surface area contributed by atoms with E-state index in [1.807, 2.05) is 0 Å². The molecule has 0 bridgehead atoms. The maximum absolute atomic E-state index is 13.0. The Kier molecular flexibility index (Phi) is 8.22. The quantitative estimate of drug-likeness (QED) is 0.612. The topological polar surface area (TPSA) is 29.5 Å². The second-order valence-electron chi connectivity index (χ2n) is 4.54. The second kappa shape index (κ2) is 9.64. The number of methoxy groups -OCH3 is 1. The molecule has 0 fully saturated rings. The first kappa shape index (κ1) is 19.6. The fourth-order valence-corrected chi connectivity index (χ4v) is 2.07. The third-order valence-electron chi connectivity index (χ3n) is 2.75. The summed E-state index contributed by atoms with van der Waals surface area (Å²) < 4.78 is 55.4. The van der Waals surface area contributed by atoms with Crippen molar-refractivity contribution in [1.29, 1.82) is 0 Å². The Morgan fingerprint density at radius 2 is 1.43 bits per heavy atom. The first-order chi connectivity index (χ1) is 10.9. The van der Waals surface area contributed by atoms with Crippen LogP contribution in [0.5, 0.6) is 0 Å². The molecule has 0 amide bonds. The van der Waals surface area contributed by atoms with Crippen molar-refractivity contribution >= 4 is 15.9 Å². The van der Waals surface area contributed by atoms with Crippen molar-refractivity contribution < 1.29 is 27.4 Å². The van der Waals surface area contributed by atoms with Gasteiger partial charge >= 0.3 is 0 Å². The Balaban J connectivity index is 0.000000238. The van der Waals surface area contributed by atoms with Crippen LogP contribution in [-0.4, -0.2) is 12.2 Å². The van der Waals surface area contributed by atoms with Crippen LogP contribution in [0.4, 0.5) is 17.6 Å². The van der Waals surface area contributed by atoms with Crippen LogP contribution >= 0.6 is 15.9 Å². The van der Waals surface area contributed by atoms with E-state index in [4.69, 9.17) is 9.84 Å². The molecule has 0 atom stereocenters. The summed E-state index contributed by atoms with van der Waals surface area (Å²) in [4.78, 5) is 0. The van der Waals surface area contributed by atoms with Gasteiger partial charge in [0.05, 0.1) is 13.2 Å². The van der Waals surface area contributed by atoms with Crippen LogP contribution in [0.1, 0.15) is 16.7 Å². The van der Waals surface area contributed by atoms with Gasteiger partial charge < -0.3 is 9.84 Å². The van der Waals surface area contributed by atoms with Crippen molar-refractivity contribution in [1.82, 2.24) is 0 Å². The molecule has 0 unspecified atom stereocenters. The fourth-order valence-electron chi connectivity index (χ4n) is 1.74. The Labute approximate surface area is 139 Å². The maximum atomic E-state index is 13.0. The van der Waals surface area contributed by atoms with Crippen molar-refractivity contribution in [2.24, 2.45) is 0 Å². The van der Waals surface area contributed by atoms with E-state index in [-0.39, 0.29) is 12.2 Å². The third-order valence-corrected chi connectivity index (χ3v) is 3.39. The van der Waals surface area contributed by atoms with Gasteiger partial charge in [-0.15, -0.1) is 0 Å². The van der Waals surface area contributed by atoms with E-state index in [0.29, 0.717) is 16.5 Å². The van der Waals surface area contributed by atoms with Crippen molar-refractivity contribution in [2.75, 3.05) is 7.11 Å². The lowest BCUT2D eigenvalue weighted by molar-refractivity contribution is 0.184. The lowest BCUT2D eigenvalue weighted by Crippen LogP contribution is -1.98. The van der Waals surface area contributed by atoms with E-state index in [1.165, 1.54) is 19.2 Å². The van der Waals surface area contributed by atoms with Gasteiger partial charge in [-0.25, -0.2) is 17.6 Å². The highest BCUT2D eigenvalue weighted by Crippen LogP contribution is 2.15. The molecule has 7 heteroatoms. The third kappa shape index (κ3) is 6.29. The Hall–Kier alpha value is -1.44. The molecule has 2 aromatic rings. The summed E-state index contributed by atoms with van der Waals surface area (Å²) in [7, 11) is 1.44. The number of benzene rings is 2. The summed E-state index contributed by atoms with van der Waals surface area (Å²) in [6.45, 7) is -0.482. The van der Waals surface area contributed by atoms with E-state index in [2.05, 4.69) is 15.9 Å². The minimum atomic E-state index is -0.741. The molecule has 0 radical (unpaired) electrons. The van der Waals surface area contributed by atoms with Gasteiger partial charge in [0.15, 0.2) is 0 Å². The van der Waals surface area contributed by atoms with Crippen molar-refractivity contribution in [3.05, 3.63) is 70.3 Å². The molecule has 0 spiro atoms. The summed E-state index contributed by atoms with van der Waals surface area (Å²) in [6, 6.07) is 5.73. The average molecular weight is 395 g/mol. The summed E-state index contributed by atoms with van der Waals surface area (Å²) >= 11 is 3.09. The first-order valence-electron chi connectivity index (χ1n) is 6.48. The SMILES string of the molecule is COCc1cc(F)c(CO)c(F)c1.Fc1cc(F)cc(CBr)c1. The van der Waals surface area contributed by atoms with E-state index in [1.54, 1.807) is 0 Å². The number of ether oxygens (including phenoxy) is 1. The Morgan fingerprint density at radius 1 is 0.913 bits per heavy atom. The molecule has 0 heterocycles. The van der Waals surface area contributed by atoms with Gasteiger partial charge in [0.1, 0.15) is 23.3 Å².